The molecule has 0 bridgehead atoms. The predicted octanol–water partition coefficient (Wildman–Crippen LogP) is 10.5. The van der Waals surface area contributed by atoms with E-state index in [0.717, 1.165) is 103 Å². The molecule has 1 unspecified atom stereocenters. The van der Waals surface area contributed by atoms with Crippen LogP contribution in [0.25, 0.3) is 0 Å². The van der Waals surface area contributed by atoms with Gasteiger partial charge in [0.2, 0.25) is 17.0 Å². The second-order valence-corrected chi connectivity index (χ2v) is 33.6. The molecule has 3 aromatic rings. The Morgan fingerprint density at radius 2 is 1.00 bits per heavy atom. The number of aliphatic hydroxyl groups excluding tert-OH is 3. The van der Waals surface area contributed by atoms with E-state index < -0.39 is 22.9 Å². The van der Waals surface area contributed by atoms with Crippen LogP contribution in [0.15, 0.2) is 57.7 Å². The van der Waals surface area contributed by atoms with Crippen molar-refractivity contribution in [3.05, 3.63) is 100 Å². The normalized spacial score (nSPS) is 22.7. The summed E-state index contributed by atoms with van der Waals surface area (Å²) < 4.78 is 11.1. The van der Waals surface area contributed by atoms with Gasteiger partial charge in [0.05, 0.1) is 47.3 Å². The largest absolute Gasteiger partial charge is 0.465 e. The van der Waals surface area contributed by atoms with Gasteiger partial charge in [-0.1, -0.05) is 12.1 Å². The molecule has 6 saturated heterocycles. The molecule has 6 fully saturated rings. The molecule has 1 aromatic carbocycles. The number of hydrogen-bond acceptors (Lipinski definition) is 21. The molecule has 6 atom stereocenters. The monoisotopic (exact) mass is 1570 g/mol. The Labute approximate surface area is 623 Å². The Morgan fingerprint density at radius 3 is 1.36 bits per heavy atom. The van der Waals surface area contributed by atoms with E-state index in [2.05, 4.69) is 104 Å². The lowest BCUT2D eigenvalue weighted by Gasteiger charge is -2.33. The summed E-state index contributed by atoms with van der Waals surface area (Å²) in [5.41, 5.74) is 10.8. The molecule has 9 N–H and O–H groups in total. The first kappa shape index (κ1) is 86.8. The number of nitro groups is 2. The third-order valence-electron chi connectivity index (χ3n) is 20.1. The molecule has 10 rings (SSSR count). The topological polar surface area (TPSA) is 397 Å². The summed E-state index contributed by atoms with van der Waals surface area (Å²) in [6.45, 7) is 28.0. The molecule has 0 saturated carbocycles. The zero-order chi connectivity index (χ0) is 77.0. The van der Waals surface area contributed by atoms with Gasteiger partial charge < -0.3 is 56.7 Å². The number of halogens is 2. The van der Waals surface area contributed by atoms with Gasteiger partial charge in [0.25, 0.3) is 23.6 Å². The highest BCUT2D eigenvalue weighted by molar-refractivity contribution is 9.10. The highest BCUT2D eigenvalue weighted by Gasteiger charge is 2.44. The third kappa shape index (κ3) is 25.8. The SMILES string of the molecule is CC(C)(CC1CCCOC1=O)[N+](=O)[O-].CC(C)(C[C@@H]1CCCOC1=O)[N+](=O)[O-].CC1(C)C[C@H](CCCN2C(=O)c3ccccc3C2=O)CN1c1nc(Br)ccc1C(N)=O.CC1(C)C[C@H](CCCO)C(=O)N1.CC1(C)C[C@H](CCCO)CN1.CC1(C)C[C@H](CCCO)CN1c1nc(Br)ccc1C(N)=O. The smallest absolute Gasteiger partial charge is 0.309 e. The molecule has 0 spiro atoms. The molecule has 2 aromatic heterocycles. The zero-order valence-corrected chi connectivity index (χ0v) is 65.5. The average molecular weight is 1570 g/mol. The molecular formula is C74H113Br2N11O16. The first-order valence-corrected chi connectivity index (χ1v) is 37.6. The molecule has 9 heterocycles. The lowest BCUT2D eigenvalue weighted by molar-refractivity contribution is -0.563. The molecule has 7 aliphatic heterocycles. The number of carbonyl (C=O) groups is 7. The number of nitrogens with zero attached hydrogens (tertiary/aromatic N) is 7. The van der Waals surface area contributed by atoms with Gasteiger partial charge in [-0.2, -0.15) is 0 Å². The van der Waals surface area contributed by atoms with E-state index in [-0.39, 0.29) is 99.9 Å². The summed E-state index contributed by atoms with van der Waals surface area (Å²) in [4.78, 5) is 118. The number of aliphatic hydroxyl groups is 3. The van der Waals surface area contributed by atoms with Crippen LogP contribution in [0.4, 0.5) is 11.6 Å². The van der Waals surface area contributed by atoms with Crippen LogP contribution in [0.2, 0.25) is 0 Å². The number of pyridine rings is 2. The lowest BCUT2D eigenvalue weighted by Crippen LogP contribution is -2.40. The van der Waals surface area contributed by atoms with Crippen molar-refractivity contribution in [2.75, 3.05) is 69.0 Å². The summed E-state index contributed by atoms with van der Waals surface area (Å²) in [5, 5.41) is 54.0. The Hall–Kier alpha value is -6.79. The van der Waals surface area contributed by atoms with Crippen molar-refractivity contribution >= 4 is 85.0 Å². The van der Waals surface area contributed by atoms with Crippen molar-refractivity contribution in [2.45, 2.75) is 232 Å². The number of rotatable bonds is 23. The highest BCUT2D eigenvalue weighted by Crippen LogP contribution is 2.42. The standard InChI is InChI=1S/C23H25BrN4O3.C15H22BrN3O2.2C9H15NO4.C9H17NO2.C9H19NO/c1-23(2)12-14(13-28(23)20-17(19(25)29)9-10-18(24)26-20)6-5-11-27-21(30)15-7-3-4-8-16(15)22(27)31;1-15(2)8-10(4-3-7-20)9-19(15)14-11(13(17)21)5-6-12(16)18-14;2*1-9(2,10(12)13)6-7-4-3-5-14-8(7)11;1-9(2)6-7(4-3-5-11)8(12)10-9;1-9(2)6-8(7-10-9)4-3-5-11/h3-4,7-10,14H,5-6,11-13H2,1-2H3,(H2,25,29);5-6,10,20H,3-4,7-9H2,1-2H3,(H2,17,21);2*7H,3-6H2,1-2H3;7,11H,3-6H2,1-2H3,(H,10,12);8,10-11H,3-7H2,1-2H3/t14-;10-;7-;;7-;8-/m000.00/s1. The van der Waals surface area contributed by atoms with Crippen molar-refractivity contribution in [3.63, 3.8) is 0 Å². The number of nitrogens with two attached hydrogens (primary N) is 2. The van der Waals surface area contributed by atoms with Crippen molar-refractivity contribution in [3.8, 4) is 0 Å². The fourth-order valence-electron chi connectivity index (χ4n) is 14.8. The summed E-state index contributed by atoms with van der Waals surface area (Å²) in [7, 11) is 0. The van der Waals surface area contributed by atoms with E-state index in [1.165, 1.54) is 45.4 Å². The lowest BCUT2D eigenvalue weighted by atomic mass is 9.87. The van der Waals surface area contributed by atoms with E-state index in [0.29, 0.717) is 99.7 Å². The number of amides is 5. The summed E-state index contributed by atoms with van der Waals surface area (Å²) in [6, 6.07) is 13.8. The highest BCUT2D eigenvalue weighted by atomic mass is 79.9. The van der Waals surface area contributed by atoms with Crippen molar-refractivity contribution < 1.29 is 68.2 Å². The number of carbonyl (C=O) groups excluding carboxylic acids is 7. The second-order valence-electron chi connectivity index (χ2n) is 31.9. The minimum atomic E-state index is -1.04. The molecule has 29 heteroatoms. The first-order chi connectivity index (χ1) is 48.1. The number of imide groups is 1. The molecule has 7 aliphatic rings. The number of nitrogens with one attached hydrogen (secondary N) is 2. The van der Waals surface area contributed by atoms with Gasteiger partial charge in [0.15, 0.2) is 0 Å². The number of cyclic esters (lactones) is 2. The minimum Gasteiger partial charge on any atom is -0.465 e. The van der Waals surface area contributed by atoms with E-state index in [1.54, 1.807) is 48.5 Å². The van der Waals surface area contributed by atoms with Gasteiger partial charge in [0, 0.05) is 118 Å². The predicted molar refractivity (Wildman–Crippen MR) is 399 cm³/mol. The van der Waals surface area contributed by atoms with Gasteiger partial charge in [-0.05, 0) is 251 Å². The maximum absolute atomic E-state index is 12.5. The van der Waals surface area contributed by atoms with Crippen molar-refractivity contribution in [1.29, 1.82) is 0 Å². The van der Waals surface area contributed by atoms with E-state index >= 15 is 0 Å². The van der Waals surface area contributed by atoms with Crippen LogP contribution in [0, 0.1) is 55.7 Å². The molecule has 5 amide bonds. The maximum atomic E-state index is 12.5. The van der Waals surface area contributed by atoms with Crippen LogP contribution in [-0.2, 0) is 23.9 Å². The van der Waals surface area contributed by atoms with Crippen LogP contribution in [0.1, 0.15) is 240 Å². The number of fused-ring (bicyclic) bond motifs is 1. The van der Waals surface area contributed by atoms with Gasteiger partial charge in [-0.25, -0.2) is 9.97 Å². The third-order valence-corrected chi connectivity index (χ3v) is 20.9. The number of hydrogen-bond donors (Lipinski definition) is 7. The van der Waals surface area contributed by atoms with Gasteiger partial charge in [-0.3, -0.25) is 58.7 Å². The van der Waals surface area contributed by atoms with Crippen LogP contribution < -0.4 is 31.9 Å². The van der Waals surface area contributed by atoms with E-state index in [4.69, 9.17) is 36.3 Å². The maximum Gasteiger partial charge on any atom is 0.309 e. The zero-order valence-electron chi connectivity index (χ0n) is 62.4. The Bertz CT molecular complexity index is 3340. The number of aromatic nitrogens is 2. The average Bonchev–Trinajstić information content (AvgIpc) is 1.68. The molecular weight excluding hydrogens is 1460 g/mol. The van der Waals surface area contributed by atoms with Crippen LogP contribution in [0.5, 0.6) is 0 Å². The Kier molecular flexibility index (Phi) is 32.4. The van der Waals surface area contributed by atoms with Crippen molar-refractivity contribution in [2.24, 2.45) is 47.0 Å². The summed E-state index contributed by atoms with van der Waals surface area (Å²) in [5.74, 6) is 0.586. The van der Waals surface area contributed by atoms with Crippen LogP contribution in [0.3, 0.4) is 0 Å². The van der Waals surface area contributed by atoms with Gasteiger partial charge >= 0.3 is 11.9 Å². The van der Waals surface area contributed by atoms with Crippen LogP contribution >= 0.6 is 31.9 Å². The molecule has 0 radical (unpaired) electrons. The molecule has 0 aliphatic carbocycles. The number of primary amides is 2. The summed E-state index contributed by atoms with van der Waals surface area (Å²) >= 11 is 6.75. The molecule has 27 nitrogen and oxygen atoms in total. The molecule has 574 valence electrons. The van der Waals surface area contributed by atoms with Crippen LogP contribution in [-0.4, -0.2) is 174 Å². The number of esters is 2. The van der Waals surface area contributed by atoms with Gasteiger partial charge in [-0.15, -0.1) is 0 Å². The number of benzene rings is 1. The van der Waals surface area contributed by atoms with Gasteiger partial charge in [0.1, 0.15) is 20.8 Å². The Balaban J connectivity index is 0.000000233. The number of ether oxygens (including phenoxy) is 2. The minimum absolute atomic E-state index is 0.0444. The Morgan fingerprint density at radius 1 is 0.592 bits per heavy atom. The number of anilines is 2. The van der Waals surface area contributed by atoms with E-state index in [9.17, 15) is 53.8 Å². The fourth-order valence-corrected chi connectivity index (χ4v) is 15.4. The molecule has 103 heavy (non-hydrogen) atoms. The quantitative estimate of drug-likeness (QED) is 0.0152. The first-order valence-electron chi connectivity index (χ1n) is 36.0. The summed E-state index contributed by atoms with van der Waals surface area (Å²) in [6.07, 6.45) is 14.7. The van der Waals surface area contributed by atoms with E-state index in [1.807, 2.05) is 13.8 Å². The second kappa shape index (κ2) is 38.5. The fraction of sp³-hybridized carbons (Fsp3) is 0.689. The van der Waals surface area contributed by atoms with Crippen molar-refractivity contribution in [1.82, 2.24) is 25.5 Å².